The first-order valence-corrected chi connectivity index (χ1v) is 9.70. The van der Waals surface area contributed by atoms with Crippen LogP contribution in [0.3, 0.4) is 0 Å². The molecule has 3 aromatic rings. The Kier molecular flexibility index (Phi) is 5.03. The zero-order chi connectivity index (χ0) is 19.8. The van der Waals surface area contributed by atoms with E-state index in [0.717, 1.165) is 30.4 Å². The van der Waals surface area contributed by atoms with E-state index in [2.05, 4.69) is 17.3 Å². The number of hydrogen-bond donors (Lipinski definition) is 2. The number of aromatic carboxylic acids is 1. The van der Waals surface area contributed by atoms with E-state index < -0.39 is 5.97 Å². The van der Waals surface area contributed by atoms with E-state index in [1.165, 1.54) is 0 Å². The van der Waals surface area contributed by atoms with Crippen molar-refractivity contribution in [1.29, 1.82) is 0 Å². The van der Waals surface area contributed by atoms with Crippen LogP contribution in [-0.2, 0) is 11.8 Å². The molecule has 0 amide bonds. The van der Waals surface area contributed by atoms with Crippen LogP contribution in [0.15, 0.2) is 28.9 Å². The van der Waals surface area contributed by atoms with Gasteiger partial charge in [0.2, 0.25) is 5.76 Å². The predicted octanol–water partition coefficient (Wildman–Crippen LogP) is 4.55. The average Bonchev–Trinajstić information content (AvgIpc) is 3.26. The van der Waals surface area contributed by atoms with Crippen LogP contribution in [0.2, 0.25) is 5.02 Å². The number of aryl methyl sites for hydroxylation is 1. The van der Waals surface area contributed by atoms with E-state index in [1.54, 1.807) is 16.9 Å². The summed E-state index contributed by atoms with van der Waals surface area (Å²) in [4.78, 5) is 11.8. The van der Waals surface area contributed by atoms with Crippen molar-refractivity contribution in [3.05, 3.63) is 35.3 Å². The Labute approximate surface area is 167 Å². The van der Waals surface area contributed by atoms with Crippen molar-refractivity contribution >= 4 is 34.2 Å². The summed E-state index contributed by atoms with van der Waals surface area (Å²) in [5.74, 6) is -1.25. The van der Waals surface area contributed by atoms with Gasteiger partial charge in [0, 0.05) is 36.8 Å². The number of carboxylic acid groups (broad SMARTS) is 1. The number of aromatic nitrogens is 2. The second kappa shape index (κ2) is 7.48. The standard InChI is InChI=1S/C20H22ClN3O4/c1-3-14-8-13(4-5-27-14)23-17-15-6-11(12-9-22-24(2)10-12)7-16(21)18(15)28-19(17)20(25)26/h6-7,9-10,13-14,23H,3-5,8H2,1-2H3,(H,25,26)/t13-,14-/m0/s1. The van der Waals surface area contributed by atoms with Gasteiger partial charge >= 0.3 is 5.97 Å². The highest BCUT2D eigenvalue weighted by Gasteiger charge is 2.27. The molecule has 1 fully saturated rings. The molecule has 0 saturated carbocycles. The first kappa shape index (κ1) is 18.8. The molecule has 7 nitrogen and oxygen atoms in total. The molecule has 1 aliphatic rings. The predicted molar refractivity (Wildman–Crippen MR) is 107 cm³/mol. The van der Waals surface area contributed by atoms with Crippen LogP contribution in [0.25, 0.3) is 22.1 Å². The number of benzene rings is 1. The molecule has 4 rings (SSSR count). The van der Waals surface area contributed by atoms with E-state index in [1.807, 2.05) is 19.3 Å². The van der Waals surface area contributed by atoms with Crippen LogP contribution < -0.4 is 5.32 Å². The monoisotopic (exact) mass is 403 g/mol. The zero-order valence-corrected chi connectivity index (χ0v) is 16.5. The number of ether oxygens (including phenoxy) is 1. The van der Waals surface area contributed by atoms with Crippen molar-refractivity contribution in [1.82, 2.24) is 9.78 Å². The summed E-state index contributed by atoms with van der Waals surface area (Å²) in [6, 6.07) is 3.77. The highest BCUT2D eigenvalue weighted by Crippen LogP contribution is 2.39. The lowest BCUT2D eigenvalue weighted by Crippen LogP contribution is -2.34. The summed E-state index contributed by atoms with van der Waals surface area (Å²) in [5, 5.41) is 18.3. The van der Waals surface area contributed by atoms with Gasteiger partial charge in [-0.15, -0.1) is 0 Å². The Hall–Kier alpha value is -2.51. The molecule has 0 aliphatic carbocycles. The molecule has 2 atom stereocenters. The first-order valence-electron chi connectivity index (χ1n) is 9.32. The molecule has 28 heavy (non-hydrogen) atoms. The lowest BCUT2D eigenvalue weighted by Gasteiger charge is -2.30. The molecule has 3 heterocycles. The smallest absolute Gasteiger partial charge is 0.374 e. The van der Waals surface area contributed by atoms with E-state index in [-0.39, 0.29) is 17.9 Å². The first-order chi connectivity index (χ1) is 13.5. The third-order valence-electron chi connectivity index (χ3n) is 5.15. The molecule has 1 saturated heterocycles. The molecule has 2 N–H and O–H groups in total. The van der Waals surface area contributed by atoms with E-state index in [4.69, 9.17) is 20.8 Å². The van der Waals surface area contributed by atoms with E-state index in [9.17, 15) is 9.90 Å². The van der Waals surface area contributed by atoms with Crippen LogP contribution in [0.4, 0.5) is 5.69 Å². The Morgan fingerprint density at radius 1 is 1.43 bits per heavy atom. The molecule has 0 unspecified atom stereocenters. The zero-order valence-electron chi connectivity index (χ0n) is 15.7. The van der Waals surface area contributed by atoms with Crippen LogP contribution in [-0.4, -0.2) is 39.6 Å². The number of rotatable bonds is 5. The largest absolute Gasteiger partial charge is 0.475 e. The van der Waals surface area contributed by atoms with Crippen LogP contribution in [0.5, 0.6) is 0 Å². The molecular weight excluding hydrogens is 382 g/mol. The SMILES string of the molecule is CC[C@H]1C[C@@H](Nc2c(C(=O)O)oc3c(Cl)cc(-c4cnn(C)c4)cc23)CCO1. The van der Waals surface area contributed by atoms with Gasteiger partial charge in [0.1, 0.15) is 0 Å². The van der Waals surface area contributed by atoms with Crippen molar-refractivity contribution in [2.45, 2.75) is 38.3 Å². The van der Waals surface area contributed by atoms with Crippen molar-refractivity contribution in [2.24, 2.45) is 7.05 Å². The third kappa shape index (κ3) is 3.47. The van der Waals surface area contributed by atoms with Gasteiger partial charge in [0.05, 0.1) is 23.0 Å². The van der Waals surface area contributed by atoms with Crippen molar-refractivity contribution < 1.29 is 19.1 Å². The summed E-state index contributed by atoms with van der Waals surface area (Å²) >= 11 is 6.44. The lowest BCUT2D eigenvalue weighted by molar-refractivity contribution is 0.00925. The lowest BCUT2D eigenvalue weighted by atomic mass is 10.0. The van der Waals surface area contributed by atoms with Gasteiger partial charge < -0.3 is 19.6 Å². The van der Waals surface area contributed by atoms with Crippen LogP contribution >= 0.6 is 11.6 Å². The van der Waals surface area contributed by atoms with Crippen LogP contribution in [0, 0.1) is 0 Å². The topological polar surface area (TPSA) is 89.5 Å². The molecule has 2 aromatic heterocycles. The minimum atomic E-state index is -1.13. The Morgan fingerprint density at radius 3 is 2.93 bits per heavy atom. The maximum absolute atomic E-state index is 11.8. The number of carboxylic acids is 1. The minimum Gasteiger partial charge on any atom is -0.475 e. The normalized spacial score (nSPS) is 19.8. The second-order valence-electron chi connectivity index (χ2n) is 7.12. The molecule has 1 aromatic carbocycles. The molecule has 0 bridgehead atoms. The van der Waals surface area contributed by atoms with Crippen molar-refractivity contribution in [2.75, 3.05) is 11.9 Å². The summed E-state index contributed by atoms with van der Waals surface area (Å²) in [6.45, 7) is 2.74. The molecule has 8 heteroatoms. The maximum atomic E-state index is 11.8. The Morgan fingerprint density at radius 2 is 2.25 bits per heavy atom. The highest BCUT2D eigenvalue weighted by atomic mass is 35.5. The summed E-state index contributed by atoms with van der Waals surface area (Å²) in [7, 11) is 1.84. The van der Waals surface area contributed by atoms with Crippen molar-refractivity contribution in [3.8, 4) is 11.1 Å². The van der Waals surface area contributed by atoms with Gasteiger partial charge in [0.25, 0.3) is 0 Å². The van der Waals surface area contributed by atoms with Gasteiger partial charge in [-0.25, -0.2) is 4.79 Å². The van der Waals surface area contributed by atoms with Gasteiger partial charge in [-0.1, -0.05) is 18.5 Å². The number of nitrogens with zero attached hydrogens (tertiary/aromatic N) is 2. The maximum Gasteiger partial charge on any atom is 0.374 e. The number of anilines is 1. The summed E-state index contributed by atoms with van der Waals surface area (Å²) < 4.78 is 13.1. The Bertz CT molecular complexity index is 1030. The minimum absolute atomic E-state index is 0.110. The molecule has 148 valence electrons. The van der Waals surface area contributed by atoms with E-state index in [0.29, 0.717) is 28.3 Å². The Balaban J connectivity index is 1.79. The fourth-order valence-electron chi connectivity index (χ4n) is 3.69. The molecule has 0 spiro atoms. The van der Waals surface area contributed by atoms with E-state index >= 15 is 0 Å². The summed E-state index contributed by atoms with van der Waals surface area (Å²) in [6.07, 6.45) is 6.34. The molecule has 0 radical (unpaired) electrons. The number of fused-ring (bicyclic) bond motifs is 1. The van der Waals surface area contributed by atoms with Crippen molar-refractivity contribution in [3.63, 3.8) is 0 Å². The number of halogens is 1. The van der Waals surface area contributed by atoms with Gasteiger partial charge in [-0.2, -0.15) is 5.10 Å². The fraction of sp³-hybridized carbons (Fsp3) is 0.400. The quantitative estimate of drug-likeness (QED) is 0.649. The third-order valence-corrected chi connectivity index (χ3v) is 5.43. The van der Waals surface area contributed by atoms with Gasteiger partial charge in [-0.3, -0.25) is 4.68 Å². The van der Waals surface area contributed by atoms with Gasteiger partial charge in [-0.05, 0) is 37.0 Å². The number of hydrogen-bond acceptors (Lipinski definition) is 5. The van der Waals surface area contributed by atoms with Gasteiger partial charge in [0.15, 0.2) is 5.58 Å². The average molecular weight is 404 g/mol. The molecule has 1 aliphatic heterocycles. The second-order valence-corrected chi connectivity index (χ2v) is 7.52. The fourth-order valence-corrected chi connectivity index (χ4v) is 3.95. The highest BCUT2D eigenvalue weighted by molar-refractivity contribution is 6.36. The number of furan rings is 1. The number of carbonyl (C=O) groups is 1. The van der Waals surface area contributed by atoms with Crippen LogP contribution in [0.1, 0.15) is 36.7 Å². The number of nitrogens with one attached hydrogen (secondary N) is 1. The molecular formula is C20H22ClN3O4. The summed E-state index contributed by atoms with van der Waals surface area (Å²) in [5.41, 5.74) is 2.59.